The molecule has 0 fully saturated rings. The molecule has 0 aliphatic rings. The van der Waals surface area contributed by atoms with E-state index < -0.39 is 5.82 Å². The van der Waals surface area contributed by atoms with Crippen LogP contribution in [0.25, 0.3) is 22.4 Å². The summed E-state index contributed by atoms with van der Waals surface area (Å²) in [6.45, 7) is 0.202. The molecule has 25 heavy (non-hydrogen) atoms. The molecule has 0 radical (unpaired) electrons. The number of fused-ring (bicyclic) bond motifs is 1. The summed E-state index contributed by atoms with van der Waals surface area (Å²) in [5, 5.41) is 5.01. The first-order valence-electron chi connectivity index (χ1n) is 7.56. The zero-order valence-corrected chi connectivity index (χ0v) is 13.1. The third kappa shape index (κ3) is 2.74. The largest absolute Gasteiger partial charge is 0.399 e. The molecule has 0 bridgehead atoms. The molecule has 0 spiro atoms. The number of rotatable bonds is 3. The van der Waals surface area contributed by atoms with Gasteiger partial charge in [0.2, 0.25) is 5.95 Å². The Morgan fingerprint density at radius 1 is 1.08 bits per heavy atom. The fourth-order valence-electron chi connectivity index (χ4n) is 2.64. The fourth-order valence-corrected chi connectivity index (χ4v) is 2.64. The van der Waals surface area contributed by atoms with Crippen LogP contribution in [0.3, 0.4) is 0 Å². The lowest BCUT2D eigenvalue weighted by molar-refractivity contribution is 0.590. The summed E-state index contributed by atoms with van der Waals surface area (Å²) in [6.07, 6.45) is 3.31. The van der Waals surface area contributed by atoms with Crippen molar-refractivity contribution in [2.24, 2.45) is 0 Å². The van der Waals surface area contributed by atoms with Crippen LogP contribution >= 0.6 is 0 Å². The van der Waals surface area contributed by atoms with Crippen molar-refractivity contribution in [1.82, 2.24) is 24.7 Å². The van der Waals surface area contributed by atoms with Gasteiger partial charge in [0.25, 0.3) is 0 Å². The molecule has 4 N–H and O–H groups in total. The van der Waals surface area contributed by atoms with Gasteiger partial charge in [0.1, 0.15) is 11.5 Å². The molecule has 4 rings (SSSR count). The smallest absolute Gasteiger partial charge is 0.222 e. The van der Waals surface area contributed by atoms with Gasteiger partial charge < -0.3 is 11.5 Å². The van der Waals surface area contributed by atoms with Crippen LogP contribution in [0.1, 0.15) is 5.56 Å². The lowest BCUT2D eigenvalue weighted by Gasteiger charge is -2.07. The van der Waals surface area contributed by atoms with Crippen LogP contribution in [0.15, 0.2) is 48.8 Å². The van der Waals surface area contributed by atoms with Crippen molar-refractivity contribution in [1.29, 1.82) is 0 Å². The van der Waals surface area contributed by atoms with Crippen LogP contribution in [0.4, 0.5) is 16.0 Å². The van der Waals surface area contributed by atoms with Gasteiger partial charge in [0.05, 0.1) is 23.8 Å². The molecule has 4 aromatic rings. The van der Waals surface area contributed by atoms with Crippen LogP contribution in [-0.4, -0.2) is 24.7 Å². The summed E-state index contributed by atoms with van der Waals surface area (Å²) in [5.41, 5.74) is 14.0. The Balaban J connectivity index is 1.83. The predicted octanol–water partition coefficient (Wildman–Crippen LogP) is 2.24. The normalized spacial score (nSPS) is 11.1. The number of nitrogens with zero attached hydrogens (tertiary/aromatic N) is 5. The zero-order chi connectivity index (χ0) is 17.4. The highest BCUT2D eigenvalue weighted by Crippen LogP contribution is 2.25. The molecule has 8 heteroatoms. The highest BCUT2D eigenvalue weighted by molar-refractivity contribution is 5.89. The van der Waals surface area contributed by atoms with E-state index in [0.717, 1.165) is 0 Å². The molecule has 3 aromatic heterocycles. The Morgan fingerprint density at radius 3 is 2.72 bits per heavy atom. The Hall–Kier alpha value is -3.55. The van der Waals surface area contributed by atoms with Crippen molar-refractivity contribution < 1.29 is 4.39 Å². The monoisotopic (exact) mass is 335 g/mol. The third-order valence-corrected chi connectivity index (χ3v) is 3.82. The van der Waals surface area contributed by atoms with Gasteiger partial charge in [0.15, 0.2) is 5.65 Å². The van der Waals surface area contributed by atoms with Gasteiger partial charge in [0, 0.05) is 17.4 Å². The van der Waals surface area contributed by atoms with Gasteiger partial charge in [-0.25, -0.2) is 14.1 Å². The molecule has 0 atom stereocenters. The number of nitrogens with two attached hydrogens (primary N) is 2. The van der Waals surface area contributed by atoms with E-state index in [1.165, 1.54) is 6.07 Å². The number of nitrogen functional groups attached to an aromatic ring is 2. The van der Waals surface area contributed by atoms with Crippen LogP contribution < -0.4 is 11.5 Å². The number of hydrogen-bond acceptors (Lipinski definition) is 6. The van der Waals surface area contributed by atoms with Crippen LogP contribution in [0.5, 0.6) is 0 Å². The highest BCUT2D eigenvalue weighted by Gasteiger charge is 2.15. The average molecular weight is 335 g/mol. The Morgan fingerprint density at radius 2 is 1.96 bits per heavy atom. The van der Waals surface area contributed by atoms with Gasteiger partial charge in [-0.3, -0.25) is 4.98 Å². The predicted molar refractivity (Wildman–Crippen MR) is 92.9 cm³/mol. The zero-order valence-electron chi connectivity index (χ0n) is 13.1. The quantitative estimate of drug-likeness (QED) is 0.556. The summed E-state index contributed by atoms with van der Waals surface area (Å²) >= 11 is 0. The van der Waals surface area contributed by atoms with Crippen molar-refractivity contribution in [3.05, 3.63) is 60.2 Å². The third-order valence-electron chi connectivity index (χ3n) is 3.82. The Kier molecular flexibility index (Phi) is 3.50. The van der Waals surface area contributed by atoms with E-state index in [2.05, 4.69) is 20.1 Å². The minimum atomic E-state index is -0.393. The van der Waals surface area contributed by atoms with E-state index >= 15 is 0 Å². The molecule has 0 amide bonds. The van der Waals surface area contributed by atoms with E-state index in [9.17, 15) is 4.39 Å². The van der Waals surface area contributed by atoms with Gasteiger partial charge in [-0.05, 0) is 24.3 Å². The van der Waals surface area contributed by atoms with Crippen molar-refractivity contribution in [2.45, 2.75) is 6.54 Å². The molecular weight excluding hydrogens is 321 g/mol. The maximum Gasteiger partial charge on any atom is 0.222 e. The van der Waals surface area contributed by atoms with E-state index in [1.54, 1.807) is 29.2 Å². The highest BCUT2D eigenvalue weighted by atomic mass is 19.1. The minimum Gasteiger partial charge on any atom is -0.399 e. The van der Waals surface area contributed by atoms with Crippen molar-refractivity contribution in [3.63, 3.8) is 0 Å². The van der Waals surface area contributed by atoms with Crippen molar-refractivity contribution in [2.75, 3.05) is 11.5 Å². The number of anilines is 2. The molecular formula is C17H14FN7. The maximum absolute atomic E-state index is 14.1. The van der Waals surface area contributed by atoms with Crippen LogP contribution in [0.2, 0.25) is 0 Å². The SMILES string of the molecule is Nc1ccc(Cn2ncc3c(-c4ccccn4)nc(N)nc32)c(F)c1. The molecule has 0 aliphatic carbocycles. The first-order valence-corrected chi connectivity index (χ1v) is 7.56. The second-order valence-corrected chi connectivity index (χ2v) is 5.54. The second-order valence-electron chi connectivity index (χ2n) is 5.54. The molecule has 3 heterocycles. The standard InChI is InChI=1S/C17H14FN7/c18-13-7-11(19)5-4-10(13)9-25-16-12(8-22-25)15(23-17(20)24-16)14-3-1-2-6-21-14/h1-8H,9,19H2,(H2,20,23,24). The average Bonchev–Trinajstić information content (AvgIpc) is 3.00. The molecule has 0 aliphatic heterocycles. The van der Waals surface area contributed by atoms with Crippen LogP contribution in [-0.2, 0) is 6.54 Å². The molecule has 124 valence electrons. The summed E-state index contributed by atoms with van der Waals surface area (Å²) in [5.74, 6) is -0.289. The van der Waals surface area contributed by atoms with Gasteiger partial charge in [-0.15, -0.1) is 0 Å². The first-order chi connectivity index (χ1) is 12.1. The number of aromatic nitrogens is 5. The molecule has 1 aromatic carbocycles. The summed E-state index contributed by atoms with van der Waals surface area (Å²) in [4.78, 5) is 12.8. The van der Waals surface area contributed by atoms with Crippen molar-refractivity contribution in [3.8, 4) is 11.4 Å². The summed E-state index contributed by atoms with van der Waals surface area (Å²) in [6, 6.07) is 10.1. The minimum absolute atomic E-state index is 0.104. The van der Waals surface area contributed by atoms with Crippen LogP contribution in [0, 0.1) is 5.82 Å². The fraction of sp³-hybridized carbons (Fsp3) is 0.0588. The topological polar surface area (TPSA) is 109 Å². The number of halogens is 1. The van der Waals surface area contributed by atoms with E-state index in [1.807, 2.05) is 18.2 Å². The molecule has 0 saturated heterocycles. The van der Waals surface area contributed by atoms with Gasteiger partial charge >= 0.3 is 0 Å². The number of benzene rings is 1. The Bertz CT molecular complexity index is 1060. The number of hydrogen-bond donors (Lipinski definition) is 2. The number of pyridine rings is 1. The molecule has 7 nitrogen and oxygen atoms in total. The van der Waals surface area contributed by atoms with Gasteiger partial charge in [-0.1, -0.05) is 12.1 Å². The van der Waals surface area contributed by atoms with E-state index in [4.69, 9.17) is 11.5 Å². The summed E-state index contributed by atoms with van der Waals surface area (Å²) in [7, 11) is 0. The van der Waals surface area contributed by atoms with Gasteiger partial charge in [-0.2, -0.15) is 10.1 Å². The van der Waals surface area contributed by atoms with E-state index in [0.29, 0.717) is 33.7 Å². The van der Waals surface area contributed by atoms with E-state index in [-0.39, 0.29) is 12.5 Å². The van der Waals surface area contributed by atoms with Crippen molar-refractivity contribution >= 4 is 22.7 Å². The summed E-state index contributed by atoms with van der Waals surface area (Å²) < 4.78 is 15.7. The first kappa shape index (κ1) is 15.0. The Labute approximate surface area is 142 Å². The molecule has 0 unspecified atom stereocenters. The maximum atomic E-state index is 14.1. The lowest BCUT2D eigenvalue weighted by atomic mass is 10.2. The lowest BCUT2D eigenvalue weighted by Crippen LogP contribution is -2.07. The molecule has 0 saturated carbocycles. The second kappa shape index (κ2) is 5.82.